The summed E-state index contributed by atoms with van der Waals surface area (Å²) in [6, 6.07) is 11.2. The molecule has 0 fully saturated rings. The summed E-state index contributed by atoms with van der Waals surface area (Å²) in [4.78, 5) is 41.8. The van der Waals surface area contributed by atoms with Gasteiger partial charge < -0.3 is 26.0 Å². The monoisotopic (exact) mass is 988 g/mol. The number of thiazole rings is 2. The zero-order valence-electron chi connectivity index (χ0n) is 33.4. The second kappa shape index (κ2) is 21.7. The van der Waals surface area contributed by atoms with Crippen LogP contribution >= 0.6 is 69.1 Å². The number of aromatic carboxylic acids is 1. The SMILES string of the molecule is CC(C)c1sc(Nc2ncc(C(F)(F)F)cc2C(=O)O)nc1-c1ccc(Cl)cc1Cl.COC(=O)c1cc(C(F)(F)F)cnc1Nc1nc(-c2ccc(Cl)cc2Cl)c(C(C)C)s1.[Li+].[OH-]. The minimum absolute atomic E-state index is 0. The Balaban J connectivity index is 0.000000325. The summed E-state index contributed by atoms with van der Waals surface area (Å²) in [5, 5.41) is 17.2. The standard InChI is InChI=1S/C20H16Cl2F3N3O2S.C19H14Cl2F3N3O2S.Li.H2O/c1-9(2)16-15(12-5-4-11(21)7-14(12)22)27-19(31-16)28-17-13(18(29)30-3)6-10(8-26-17)20(23,24)25;1-8(2)15-14(11-4-3-10(20)6-13(11)21)26-18(30-15)27-16-12(17(28)29)5-9(7-25-16)19(22,23)24;;/h4-9H,1-3H3,(H,26,27,28);3-8H,1-2H3,(H,28,29)(H,25,26,27);;1H2/q;;+1;/p-1. The minimum atomic E-state index is -4.71. The number of alkyl halides is 6. The average Bonchev–Trinajstić information content (AvgIpc) is 3.79. The molecule has 0 unspecified atom stereocenters. The van der Waals surface area contributed by atoms with E-state index < -0.39 is 41.0 Å². The fourth-order valence-electron chi connectivity index (χ4n) is 5.37. The molecule has 0 aliphatic heterocycles. The van der Waals surface area contributed by atoms with E-state index in [0.717, 1.165) is 16.9 Å². The van der Waals surface area contributed by atoms with Crippen molar-refractivity contribution in [3.05, 3.63) is 113 Å². The number of hydrogen-bond donors (Lipinski definition) is 3. The summed E-state index contributed by atoms with van der Waals surface area (Å²) < 4.78 is 82.5. The number of aromatic nitrogens is 4. The first kappa shape index (κ1) is 53.2. The predicted molar refractivity (Wildman–Crippen MR) is 229 cm³/mol. The topological polar surface area (TPSA) is 169 Å². The maximum Gasteiger partial charge on any atom is 1.00 e. The zero-order valence-corrected chi connectivity index (χ0v) is 38.1. The van der Waals surface area contributed by atoms with Crippen LogP contribution < -0.4 is 29.5 Å². The summed E-state index contributed by atoms with van der Waals surface area (Å²) in [6.45, 7) is 7.84. The van der Waals surface area contributed by atoms with Crippen LogP contribution in [-0.4, -0.2) is 49.6 Å². The Morgan fingerprint density at radius 2 is 1.06 bits per heavy atom. The van der Waals surface area contributed by atoms with Crippen LogP contribution in [0.2, 0.25) is 20.1 Å². The molecule has 4 heterocycles. The number of nitrogens with one attached hydrogen (secondary N) is 2. The van der Waals surface area contributed by atoms with Gasteiger partial charge in [-0.05, 0) is 60.4 Å². The molecule has 24 heteroatoms. The number of methoxy groups -OCH3 is 1. The van der Waals surface area contributed by atoms with Crippen molar-refractivity contribution >= 4 is 103 Å². The number of pyridine rings is 2. The van der Waals surface area contributed by atoms with Crippen molar-refractivity contribution in [1.29, 1.82) is 0 Å². The maximum atomic E-state index is 13.0. The van der Waals surface area contributed by atoms with Crippen molar-refractivity contribution in [2.24, 2.45) is 0 Å². The van der Waals surface area contributed by atoms with E-state index in [0.29, 0.717) is 72.3 Å². The molecule has 0 radical (unpaired) electrons. The number of hydrogen-bond acceptors (Lipinski definition) is 12. The van der Waals surface area contributed by atoms with Crippen molar-refractivity contribution in [2.75, 3.05) is 17.7 Å². The van der Waals surface area contributed by atoms with Crippen LogP contribution in [0, 0.1) is 0 Å². The number of carboxylic acids is 1. The summed E-state index contributed by atoms with van der Waals surface area (Å²) in [7, 11) is 1.08. The summed E-state index contributed by atoms with van der Waals surface area (Å²) in [5.74, 6) is -2.71. The summed E-state index contributed by atoms with van der Waals surface area (Å²) in [6.07, 6.45) is -8.15. The molecule has 0 saturated carbocycles. The van der Waals surface area contributed by atoms with Crippen LogP contribution in [0.5, 0.6) is 0 Å². The number of benzene rings is 2. The molecule has 0 saturated heterocycles. The van der Waals surface area contributed by atoms with E-state index >= 15 is 0 Å². The van der Waals surface area contributed by atoms with Gasteiger partial charge in [-0.1, -0.05) is 74.1 Å². The third kappa shape index (κ3) is 13.0. The Morgan fingerprint density at radius 1 is 0.683 bits per heavy atom. The number of carbonyl (C=O) groups excluding carboxylic acids is 1. The molecule has 63 heavy (non-hydrogen) atoms. The number of carbonyl (C=O) groups is 2. The first-order chi connectivity index (χ1) is 28.5. The van der Waals surface area contributed by atoms with Gasteiger partial charge in [0.25, 0.3) is 0 Å². The number of ether oxygens (including phenoxy) is 1. The number of rotatable bonds is 10. The van der Waals surface area contributed by atoms with Crippen molar-refractivity contribution in [3.63, 3.8) is 0 Å². The van der Waals surface area contributed by atoms with Crippen molar-refractivity contribution in [3.8, 4) is 22.5 Å². The molecule has 4 aromatic heterocycles. The van der Waals surface area contributed by atoms with Crippen LogP contribution in [0.15, 0.2) is 60.9 Å². The van der Waals surface area contributed by atoms with Crippen LogP contribution in [-0.2, 0) is 17.1 Å². The van der Waals surface area contributed by atoms with Crippen LogP contribution in [0.4, 0.5) is 48.2 Å². The average molecular weight is 991 g/mol. The van der Waals surface area contributed by atoms with Crippen LogP contribution in [0.1, 0.15) is 81.1 Å². The molecule has 330 valence electrons. The van der Waals surface area contributed by atoms with Gasteiger partial charge in [-0.2, -0.15) is 26.3 Å². The third-order valence-corrected chi connectivity index (χ3v) is 11.9. The van der Waals surface area contributed by atoms with Crippen molar-refractivity contribution in [1.82, 2.24) is 19.9 Å². The van der Waals surface area contributed by atoms with Crippen LogP contribution in [0.3, 0.4) is 0 Å². The largest absolute Gasteiger partial charge is 1.00 e. The first-order valence-electron chi connectivity index (χ1n) is 17.4. The second-order valence-corrected chi connectivity index (χ2v) is 17.1. The third-order valence-electron chi connectivity index (χ3n) is 8.24. The maximum absolute atomic E-state index is 13.0. The normalized spacial score (nSPS) is 11.3. The van der Waals surface area contributed by atoms with Gasteiger partial charge in [-0.25, -0.2) is 29.5 Å². The van der Waals surface area contributed by atoms with E-state index in [-0.39, 0.29) is 58.5 Å². The van der Waals surface area contributed by atoms with E-state index in [1.807, 2.05) is 27.7 Å². The molecule has 0 amide bonds. The quantitative estimate of drug-likeness (QED) is 0.0678. The fourth-order valence-corrected chi connectivity index (χ4v) is 8.33. The number of anilines is 4. The number of carboxylic acid groups (broad SMARTS) is 1. The Morgan fingerprint density at radius 3 is 1.40 bits per heavy atom. The minimum Gasteiger partial charge on any atom is -0.870 e. The van der Waals surface area contributed by atoms with Gasteiger partial charge in [0.05, 0.1) is 39.7 Å². The molecular formula is C39H31Cl4F6LiN6O5S2. The van der Waals surface area contributed by atoms with Gasteiger partial charge in [0.1, 0.15) is 22.8 Å². The van der Waals surface area contributed by atoms with E-state index in [9.17, 15) is 41.0 Å². The Hall–Kier alpha value is -4.16. The molecule has 6 aromatic rings. The van der Waals surface area contributed by atoms with Gasteiger partial charge in [0.2, 0.25) is 0 Å². The number of halogens is 10. The van der Waals surface area contributed by atoms with Gasteiger partial charge in [-0.15, -0.1) is 22.7 Å². The Bertz CT molecular complexity index is 2610. The molecule has 0 bridgehead atoms. The molecule has 0 spiro atoms. The number of nitrogens with zero attached hydrogens (tertiary/aromatic N) is 4. The Labute approximate surface area is 395 Å². The Kier molecular flexibility index (Phi) is 18.3. The molecule has 0 aliphatic rings. The molecule has 2 aromatic carbocycles. The van der Waals surface area contributed by atoms with E-state index in [1.54, 1.807) is 36.4 Å². The number of esters is 1. The van der Waals surface area contributed by atoms with Gasteiger partial charge >= 0.3 is 43.2 Å². The van der Waals surface area contributed by atoms with Crippen LogP contribution in [0.25, 0.3) is 22.5 Å². The van der Waals surface area contributed by atoms with E-state index in [4.69, 9.17) is 46.4 Å². The summed E-state index contributed by atoms with van der Waals surface area (Å²) in [5.41, 5.74) is -0.712. The van der Waals surface area contributed by atoms with E-state index in [2.05, 4.69) is 35.3 Å². The molecule has 11 nitrogen and oxygen atoms in total. The van der Waals surface area contributed by atoms with E-state index in [1.165, 1.54) is 22.7 Å². The van der Waals surface area contributed by atoms with Gasteiger partial charge in [0.15, 0.2) is 10.3 Å². The predicted octanol–water partition coefficient (Wildman–Crippen LogP) is 11.1. The summed E-state index contributed by atoms with van der Waals surface area (Å²) >= 11 is 27.1. The first-order valence-corrected chi connectivity index (χ1v) is 20.5. The van der Waals surface area contributed by atoms with Crippen molar-refractivity contribution < 1.29 is 70.1 Å². The fraction of sp³-hybridized carbons (Fsp3) is 0.231. The zero-order chi connectivity index (χ0) is 45.1. The molecule has 0 aliphatic carbocycles. The second-order valence-electron chi connectivity index (χ2n) is 13.3. The van der Waals surface area contributed by atoms with Gasteiger partial charge in [-0.3, -0.25) is 0 Å². The molecular weight excluding hydrogens is 959 g/mol. The molecule has 0 atom stereocenters. The molecule has 6 rings (SSSR count). The van der Waals surface area contributed by atoms with Gasteiger partial charge in [0, 0.05) is 43.3 Å². The smallest absolute Gasteiger partial charge is 0.870 e. The van der Waals surface area contributed by atoms with Crippen molar-refractivity contribution in [2.45, 2.75) is 51.9 Å². The molecule has 4 N–H and O–H groups in total.